The molecule has 7 nitrogen and oxygen atoms in total. The van der Waals surface area contributed by atoms with Gasteiger partial charge in [-0.05, 0) is 68.4 Å². The van der Waals surface area contributed by atoms with Crippen molar-refractivity contribution in [1.82, 2.24) is 9.71 Å². The van der Waals surface area contributed by atoms with Gasteiger partial charge < -0.3 is 10.1 Å². The molecule has 1 heterocycles. The van der Waals surface area contributed by atoms with Crippen LogP contribution in [-0.4, -0.2) is 33.0 Å². The molecule has 4 rings (SSSR count). The van der Waals surface area contributed by atoms with Gasteiger partial charge in [0.2, 0.25) is 15.9 Å². The third-order valence-electron chi connectivity index (χ3n) is 6.28. The van der Waals surface area contributed by atoms with Crippen LogP contribution >= 0.6 is 0 Å². The molecular formula is C25H29N3O4S. The standard InChI is InChI=1S/C25H29N3O4S/c1-17-8-13-22(32-2)21(15-17)28-25(29)20-11-9-18(10-12-20)16-27-33(30,31)23-7-3-5-19-6-4-14-26-24(19)23/h3-8,13-15,18,20,27H,9-12,16H2,1-2H3,(H,28,29). The van der Waals surface area contributed by atoms with E-state index < -0.39 is 10.0 Å². The number of sulfonamides is 1. The van der Waals surface area contributed by atoms with Crippen LogP contribution in [-0.2, 0) is 14.8 Å². The van der Waals surface area contributed by atoms with Gasteiger partial charge in [0.25, 0.3) is 0 Å². The van der Waals surface area contributed by atoms with Crippen LogP contribution in [0.1, 0.15) is 31.2 Å². The number of benzene rings is 2. The maximum atomic E-state index is 12.9. The Kier molecular flexibility index (Phi) is 6.95. The van der Waals surface area contributed by atoms with Gasteiger partial charge in [-0.15, -0.1) is 0 Å². The summed E-state index contributed by atoms with van der Waals surface area (Å²) in [7, 11) is -2.09. The summed E-state index contributed by atoms with van der Waals surface area (Å²) in [4.78, 5) is 17.2. The van der Waals surface area contributed by atoms with Crippen molar-refractivity contribution in [2.24, 2.45) is 11.8 Å². The van der Waals surface area contributed by atoms with Gasteiger partial charge in [-0.3, -0.25) is 9.78 Å². The van der Waals surface area contributed by atoms with Crippen molar-refractivity contribution < 1.29 is 17.9 Å². The Labute approximate surface area is 194 Å². The lowest BCUT2D eigenvalue weighted by molar-refractivity contribution is -0.121. The second-order valence-corrected chi connectivity index (χ2v) is 10.3. The van der Waals surface area contributed by atoms with Crippen LogP contribution in [0.4, 0.5) is 5.69 Å². The lowest BCUT2D eigenvalue weighted by atomic mass is 9.81. The van der Waals surface area contributed by atoms with Crippen molar-refractivity contribution in [3.63, 3.8) is 0 Å². The molecule has 0 saturated heterocycles. The second kappa shape index (κ2) is 9.89. The first kappa shape index (κ1) is 23.2. The monoisotopic (exact) mass is 467 g/mol. The molecule has 1 amide bonds. The quantitative estimate of drug-likeness (QED) is 0.541. The minimum atomic E-state index is -3.67. The molecule has 0 aliphatic heterocycles. The Morgan fingerprint density at radius 1 is 1.09 bits per heavy atom. The van der Waals surface area contributed by atoms with Crippen molar-refractivity contribution in [2.45, 2.75) is 37.5 Å². The van der Waals surface area contributed by atoms with Gasteiger partial charge in [0.05, 0.1) is 18.3 Å². The number of methoxy groups -OCH3 is 1. The van der Waals surface area contributed by atoms with Gasteiger partial charge >= 0.3 is 0 Å². The molecule has 174 valence electrons. The van der Waals surface area contributed by atoms with Gasteiger partial charge in [0, 0.05) is 24.0 Å². The Hall–Kier alpha value is -2.97. The number of nitrogens with zero attached hydrogens (tertiary/aromatic N) is 1. The van der Waals surface area contributed by atoms with Crippen molar-refractivity contribution in [3.05, 3.63) is 60.3 Å². The molecule has 1 aliphatic rings. The zero-order valence-corrected chi connectivity index (χ0v) is 19.7. The summed E-state index contributed by atoms with van der Waals surface area (Å²) in [6, 6.07) is 14.5. The van der Waals surface area contributed by atoms with Crippen molar-refractivity contribution in [3.8, 4) is 5.75 Å². The van der Waals surface area contributed by atoms with Crippen LogP contribution in [0.5, 0.6) is 5.75 Å². The molecule has 1 aromatic heterocycles. The normalized spacial score (nSPS) is 18.7. The first-order valence-corrected chi connectivity index (χ1v) is 12.6. The summed E-state index contributed by atoms with van der Waals surface area (Å²) in [6.45, 7) is 2.32. The van der Waals surface area contributed by atoms with Crippen LogP contribution in [0, 0.1) is 18.8 Å². The maximum Gasteiger partial charge on any atom is 0.242 e. The molecule has 1 fully saturated rings. The van der Waals surface area contributed by atoms with E-state index in [1.165, 1.54) is 0 Å². The van der Waals surface area contributed by atoms with Crippen LogP contribution < -0.4 is 14.8 Å². The van der Waals surface area contributed by atoms with Crippen LogP contribution in [0.25, 0.3) is 10.9 Å². The number of carbonyl (C=O) groups is 1. The second-order valence-electron chi connectivity index (χ2n) is 8.59. The molecule has 33 heavy (non-hydrogen) atoms. The van der Waals surface area contributed by atoms with E-state index in [0.717, 1.165) is 36.6 Å². The number of aromatic nitrogens is 1. The topological polar surface area (TPSA) is 97.4 Å². The zero-order chi connectivity index (χ0) is 23.4. The molecule has 1 saturated carbocycles. The molecule has 2 N–H and O–H groups in total. The minimum absolute atomic E-state index is 0.0141. The molecule has 3 aromatic rings. The number of anilines is 1. The molecule has 2 aromatic carbocycles. The first-order valence-electron chi connectivity index (χ1n) is 11.2. The number of fused-ring (bicyclic) bond motifs is 1. The zero-order valence-electron chi connectivity index (χ0n) is 18.9. The Morgan fingerprint density at radius 2 is 1.85 bits per heavy atom. The van der Waals surface area contributed by atoms with E-state index in [1.807, 2.05) is 37.3 Å². The van der Waals surface area contributed by atoms with Gasteiger partial charge in [-0.1, -0.05) is 24.3 Å². The number of pyridine rings is 1. The highest BCUT2D eigenvalue weighted by Gasteiger charge is 2.28. The Bertz CT molecular complexity index is 1250. The minimum Gasteiger partial charge on any atom is -0.495 e. The fourth-order valence-corrected chi connectivity index (χ4v) is 5.67. The fourth-order valence-electron chi connectivity index (χ4n) is 4.38. The average molecular weight is 468 g/mol. The molecule has 0 bridgehead atoms. The third-order valence-corrected chi connectivity index (χ3v) is 7.73. The van der Waals surface area contributed by atoms with E-state index in [2.05, 4.69) is 15.0 Å². The summed E-state index contributed by atoms with van der Waals surface area (Å²) >= 11 is 0. The van der Waals surface area contributed by atoms with E-state index in [9.17, 15) is 13.2 Å². The molecule has 0 atom stereocenters. The number of nitrogens with one attached hydrogen (secondary N) is 2. The van der Waals surface area contributed by atoms with Gasteiger partial charge in [0.1, 0.15) is 10.6 Å². The summed E-state index contributed by atoms with van der Waals surface area (Å²) in [6.07, 6.45) is 4.63. The molecule has 0 radical (unpaired) electrons. The van der Waals surface area contributed by atoms with Gasteiger partial charge in [-0.25, -0.2) is 13.1 Å². The third kappa shape index (κ3) is 5.34. The highest BCUT2D eigenvalue weighted by molar-refractivity contribution is 7.89. The smallest absolute Gasteiger partial charge is 0.242 e. The predicted molar refractivity (Wildman–Crippen MR) is 129 cm³/mol. The van der Waals surface area contributed by atoms with E-state index in [1.54, 1.807) is 31.5 Å². The first-order chi connectivity index (χ1) is 15.9. The average Bonchev–Trinajstić information content (AvgIpc) is 2.83. The molecule has 8 heteroatoms. The predicted octanol–water partition coefficient (Wildman–Crippen LogP) is 4.28. The van der Waals surface area contributed by atoms with E-state index >= 15 is 0 Å². The lowest BCUT2D eigenvalue weighted by Gasteiger charge is -2.28. The fraction of sp³-hybridized carbons (Fsp3) is 0.360. The number of rotatable bonds is 7. The lowest BCUT2D eigenvalue weighted by Crippen LogP contribution is -2.33. The van der Waals surface area contributed by atoms with E-state index in [4.69, 9.17) is 4.74 Å². The van der Waals surface area contributed by atoms with Crippen LogP contribution in [0.3, 0.4) is 0 Å². The number of hydrogen-bond donors (Lipinski definition) is 2. The Morgan fingerprint density at radius 3 is 2.61 bits per heavy atom. The molecule has 1 aliphatic carbocycles. The summed E-state index contributed by atoms with van der Waals surface area (Å²) < 4.78 is 34.0. The number of carbonyl (C=O) groups excluding carboxylic acids is 1. The Balaban J connectivity index is 1.33. The highest BCUT2D eigenvalue weighted by atomic mass is 32.2. The van der Waals surface area contributed by atoms with E-state index in [-0.39, 0.29) is 22.6 Å². The van der Waals surface area contributed by atoms with Gasteiger partial charge in [0.15, 0.2) is 0 Å². The summed E-state index contributed by atoms with van der Waals surface area (Å²) in [5.41, 5.74) is 2.20. The summed E-state index contributed by atoms with van der Waals surface area (Å²) in [5.74, 6) is 0.727. The number of ether oxygens (including phenoxy) is 1. The van der Waals surface area contributed by atoms with Crippen molar-refractivity contribution in [2.75, 3.05) is 19.0 Å². The van der Waals surface area contributed by atoms with Crippen LogP contribution in [0.2, 0.25) is 0 Å². The molecule has 0 spiro atoms. The highest BCUT2D eigenvalue weighted by Crippen LogP contribution is 2.32. The number of para-hydroxylation sites is 1. The molecular weight excluding hydrogens is 438 g/mol. The van der Waals surface area contributed by atoms with Crippen molar-refractivity contribution in [1.29, 1.82) is 0 Å². The van der Waals surface area contributed by atoms with Crippen molar-refractivity contribution >= 4 is 32.5 Å². The van der Waals surface area contributed by atoms with E-state index in [0.29, 0.717) is 23.5 Å². The van der Waals surface area contributed by atoms with Crippen LogP contribution in [0.15, 0.2) is 59.6 Å². The maximum absolute atomic E-state index is 12.9. The number of aryl methyl sites for hydroxylation is 1. The van der Waals surface area contributed by atoms with Gasteiger partial charge in [-0.2, -0.15) is 0 Å². The SMILES string of the molecule is COc1ccc(C)cc1NC(=O)C1CCC(CNS(=O)(=O)c2cccc3cccnc23)CC1. The largest absolute Gasteiger partial charge is 0.495 e. The number of hydrogen-bond acceptors (Lipinski definition) is 5. The summed E-state index contributed by atoms with van der Waals surface area (Å²) in [5, 5.41) is 3.79. The number of amides is 1. The molecule has 0 unspecified atom stereocenters.